The zero-order valence-corrected chi connectivity index (χ0v) is 21.3. The maximum absolute atomic E-state index is 13.5. The van der Waals surface area contributed by atoms with Crippen molar-refractivity contribution in [2.45, 2.75) is 6.92 Å². The van der Waals surface area contributed by atoms with Crippen molar-refractivity contribution < 1.29 is 14.4 Å². The largest absolute Gasteiger partial charge is 0.318 e. The van der Waals surface area contributed by atoms with Gasteiger partial charge in [0.1, 0.15) is 16.6 Å². The average molecular weight is 520 g/mol. The first-order valence-electron chi connectivity index (χ1n) is 11.0. The van der Waals surface area contributed by atoms with Gasteiger partial charge in [-0.15, -0.1) is 0 Å². The fraction of sp³-hybridized carbons (Fsp3) is 0.160. The van der Waals surface area contributed by atoms with E-state index in [0.29, 0.717) is 27.0 Å². The first-order chi connectivity index (χ1) is 17.2. The number of hydrogen-bond acceptors (Lipinski definition) is 6. The van der Waals surface area contributed by atoms with Crippen molar-refractivity contribution in [1.29, 1.82) is 0 Å². The van der Waals surface area contributed by atoms with Crippen LogP contribution in [-0.2, 0) is 21.4 Å². The number of thioether (sulfide) groups is 1. The summed E-state index contributed by atoms with van der Waals surface area (Å²) in [6, 6.07) is 16.1. The lowest BCUT2D eigenvalue weighted by Gasteiger charge is -2.16. The van der Waals surface area contributed by atoms with Crippen LogP contribution < -0.4 is 15.8 Å². The molecular formula is C25H21N5O4S2. The standard InChI is InChI=1S/C25H21N5O4S2/c1-14-20(23(33)30(28(14)3)15-9-5-4-6-10-15)26-18(31)13-29-17-12-8-7-11-16(17)19(22(29)32)21-24(34)27(2)25(35)36-21/h4-12H,13H2,1-3H3,(H,26,31). The summed E-state index contributed by atoms with van der Waals surface area (Å²) in [5, 5.41) is 2.69. The van der Waals surface area contributed by atoms with Crippen LogP contribution >= 0.6 is 24.0 Å². The summed E-state index contributed by atoms with van der Waals surface area (Å²) >= 11 is 6.29. The van der Waals surface area contributed by atoms with Crippen molar-refractivity contribution in [1.82, 2.24) is 14.3 Å². The van der Waals surface area contributed by atoms with Gasteiger partial charge in [0.05, 0.1) is 27.5 Å². The van der Waals surface area contributed by atoms with E-state index in [1.807, 2.05) is 18.2 Å². The maximum Gasteiger partial charge on any atom is 0.295 e. The highest BCUT2D eigenvalue weighted by Crippen LogP contribution is 2.44. The second-order valence-electron chi connectivity index (χ2n) is 8.33. The molecule has 3 aromatic rings. The Labute approximate surface area is 216 Å². The van der Waals surface area contributed by atoms with Crippen molar-refractivity contribution >= 4 is 63.0 Å². The lowest BCUT2D eigenvalue weighted by molar-refractivity contribution is -0.121. The molecule has 9 nitrogen and oxygen atoms in total. The zero-order chi connectivity index (χ0) is 25.7. The summed E-state index contributed by atoms with van der Waals surface area (Å²) in [5.74, 6) is -1.35. The third-order valence-corrected chi connectivity index (χ3v) is 7.79. The molecule has 0 bridgehead atoms. The van der Waals surface area contributed by atoms with Crippen LogP contribution in [0.2, 0.25) is 0 Å². The minimum absolute atomic E-state index is 0.137. The van der Waals surface area contributed by atoms with Crippen LogP contribution in [0.15, 0.2) is 64.3 Å². The van der Waals surface area contributed by atoms with Crippen LogP contribution in [0.25, 0.3) is 11.3 Å². The third kappa shape index (κ3) is 3.67. The SMILES string of the molecule is Cc1c(NC(=O)CN2C(=O)C(=C3SC(=S)N(C)C3=O)c3ccccc32)c(=O)n(-c2ccccc2)n1C. The van der Waals surface area contributed by atoms with E-state index in [-0.39, 0.29) is 34.2 Å². The summed E-state index contributed by atoms with van der Waals surface area (Å²) in [6.45, 7) is 1.41. The van der Waals surface area contributed by atoms with Crippen LogP contribution in [0, 0.1) is 6.92 Å². The average Bonchev–Trinajstić information content (AvgIpc) is 3.37. The van der Waals surface area contributed by atoms with Gasteiger partial charge in [-0.25, -0.2) is 4.68 Å². The summed E-state index contributed by atoms with van der Waals surface area (Å²) < 4.78 is 3.48. The quantitative estimate of drug-likeness (QED) is 0.421. The summed E-state index contributed by atoms with van der Waals surface area (Å²) in [6.07, 6.45) is 0. The molecule has 1 aromatic heterocycles. The Bertz CT molecular complexity index is 1550. The normalized spacial score (nSPS) is 17.2. The van der Waals surface area contributed by atoms with E-state index in [2.05, 4.69) is 5.32 Å². The molecular weight excluding hydrogens is 498 g/mol. The molecule has 1 N–H and O–H groups in total. The summed E-state index contributed by atoms with van der Waals surface area (Å²) in [7, 11) is 3.29. The van der Waals surface area contributed by atoms with E-state index in [4.69, 9.17) is 12.2 Å². The number of fused-ring (bicyclic) bond motifs is 1. The highest BCUT2D eigenvalue weighted by molar-refractivity contribution is 8.26. The molecule has 5 rings (SSSR count). The van der Waals surface area contributed by atoms with Crippen LogP contribution in [-0.4, -0.2) is 49.9 Å². The van der Waals surface area contributed by atoms with E-state index in [1.54, 1.807) is 62.1 Å². The van der Waals surface area contributed by atoms with Gasteiger partial charge >= 0.3 is 0 Å². The van der Waals surface area contributed by atoms with Crippen molar-refractivity contribution in [2.24, 2.45) is 7.05 Å². The first kappa shape index (κ1) is 23.8. The Morgan fingerprint density at radius 2 is 1.64 bits per heavy atom. The molecule has 3 amide bonds. The lowest BCUT2D eigenvalue weighted by atomic mass is 10.1. The van der Waals surface area contributed by atoms with Crippen molar-refractivity contribution in [3.8, 4) is 5.69 Å². The zero-order valence-electron chi connectivity index (χ0n) is 19.6. The van der Waals surface area contributed by atoms with E-state index >= 15 is 0 Å². The molecule has 0 atom stereocenters. The van der Waals surface area contributed by atoms with Gasteiger partial charge < -0.3 is 5.32 Å². The van der Waals surface area contributed by atoms with Crippen molar-refractivity contribution in [3.05, 3.63) is 81.1 Å². The molecule has 0 spiro atoms. The number of hydrogen-bond donors (Lipinski definition) is 1. The van der Waals surface area contributed by atoms with Crippen LogP contribution in [0.1, 0.15) is 11.3 Å². The number of aromatic nitrogens is 2. The van der Waals surface area contributed by atoms with Gasteiger partial charge in [-0.2, -0.15) is 0 Å². The number of likely N-dealkylation sites (N-methyl/N-ethyl adjacent to an activating group) is 1. The van der Waals surface area contributed by atoms with Crippen LogP contribution in [0.3, 0.4) is 0 Å². The molecule has 1 fully saturated rings. The van der Waals surface area contributed by atoms with Gasteiger partial charge in [-0.1, -0.05) is 60.4 Å². The monoisotopic (exact) mass is 519 g/mol. The molecule has 36 heavy (non-hydrogen) atoms. The molecule has 0 unspecified atom stereocenters. The fourth-order valence-corrected chi connectivity index (χ4v) is 5.53. The van der Waals surface area contributed by atoms with E-state index in [1.165, 1.54) is 14.5 Å². The number of rotatable bonds is 4. The van der Waals surface area contributed by atoms with Crippen molar-refractivity contribution in [3.63, 3.8) is 0 Å². The van der Waals surface area contributed by atoms with Gasteiger partial charge in [0.2, 0.25) is 5.91 Å². The molecule has 1 saturated heterocycles. The summed E-state index contributed by atoms with van der Waals surface area (Å²) in [4.78, 5) is 55.3. The predicted molar refractivity (Wildman–Crippen MR) is 143 cm³/mol. The highest BCUT2D eigenvalue weighted by atomic mass is 32.2. The maximum atomic E-state index is 13.5. The molecule has 0 aliphatic carbocycles. The van der Waals surface area contributed by atoms with Crippen molar-refractivity contribution in [2.75, 3.05) is 23.8 Å². The van der Waals surface area contributed by atoms with Gasteiger partial charge in [0, 0.05) is 19.7 Å². The molecule has 0 radical (unpaired) electrons. The molecule has 0 saturated carbocycles. The van der Waals surface area contributed by atoms with E-state index < -0.39 is 11.8 Å². The number of carbonyl (C=O) groups excluding carboxylic acids is 3. The molecule has 2 aliphatic rings. The number of para-hydroxylation sites is 2. The molecule has 2 aliphatic heterocycles. The number of nitrogens with zero attached hydrogens (tertiary/aromatic N) is 4. The molecule has 3 heterocycles. The smallest absolute Gasteiger partial charge is 0.295 e. The summed E-state index contributed by atoms with van der Waals surface area (Å²) in [5.41, 5.74) is 2.29. The first-order valence-corrected chi connectivity index (χ1v) is 12.2. The number of nitrogens with one attached hydrogen (secondary N) is 1. The van der Waals surface area contributed by atoms with Gasteiger partial charge in [0.15, 0.2) is 0 Å². The minimum Gasteiger partial charge on any atom is -0.318 e. The Morgan fingerprint density at radius 3 is 2.31 bits per heavy atom. The minimum atomic E-state index is -0.534. The van der Waals surface area contributed by atoms with Gasteiger partial charge in [0.25, 0.3) is 17.4 Å². The highest BCUT2D eigenvalue weighted by Gasteiger charge is 2.41. The molecule has 11 heteroatoms. The predicted octanol–water partition coefficient (Wildman–Crippen LogP) is 2.67. The lowest BCUT2D eigenvalue weighted by Crippen LogP contribution is -2.36. The van der Waals surface area contributed by atoms with Gasteiger partial charge in [-0.3, -0.25) is 33.7 Å². The molecule has 2 aromatic carbocycles. The molecule has 182 valence electrons. The number of thiocarbonyl (C=S) groups is 1. The second-order valence-corrected chi connectivity index (χ2v) is 9.97. The Hall–Kier alpha value is -3.96. The number of amides is 3. The fourth-order valence-electron chi connectivity index (χ4n) is 4.28. The topological polar surface area (TPSA) is 96.7 Å². The Morgan fingerprint density at radius 1 is 0.972 bits per heavy atom. The number of benzene rings is 2. The number of carbonyl (C=O) groups is 3. The Kier molecular flexibility index (Phi) is 5.89. The van der Waals surface area contributed by atoms with E-state index in [0.717, 1.165) is 11.8 Å². The van der Waals surface area contributed by atoms with Crippen LogP contribution in [0.4, 0.5) is 11.4 Å². The third-order valence-electron chi connectivity index (χ3n) is 6.23. The number of anilines is 2. The van der Waals surface area contributed by atoms with Gasteiger partial charge in [-0.05, 0) is 25.1 Å². The van der Waals surface area contributed by atoms with Crippen LogP contribution in [0.5, 0.6) is 0 Å². The van der Waals surface area contributed by atoms with E-state index in [9.17, 15) is 19.2 Å². The Balaban J connectivity index is 1.46. The second kappa shape index (κ2) is 8.92.